The molecule has 0 bridgehead atoms. The molecule has 0 aromatic heterocycles. The second-order valence-corrected chi connectivity index (χ2v) is 3.12. The largest absolute Gasteiger partial charge is 0.318 e. The standard InChI is InChI=1S/C9H12N2O/c1-7(6-10)11-9(12)5-4-8-2-3-8/h8H,1-5H2,(H,11,12). The summed E-state index contributed by atoms with van der Waals surface area (Å²) in [6.07, 6.45) is 3.98. The SMILES string of the molecule is C=C(C#N)NC(=O)CCC1CC1. The summed E-state index contributed by atoms with van der Waals surface area (Å²) in [6.45, 7) is 3.36. The lowest BCUT2D eigenvalue weighted by atomic mass is 10.2. The molecule has 1 N–H and O–H groups in total. The van der Waals surface area contributed by atoms with Gasteiger partial charge >= 0.3 is 0 Å². The Morgan fingerprint density at radius 1 is 1.67 bits per heavy atom. The highest BCUT2D eigenvalue weighted by molar-refractivity contribution is 5.78. The molecule has 1 aliphatic carbocycles. The van der Waals surface area contributed by atoms with E-state index in [1.54, 1.807) is 6.07 Å². The molecule has 0 spiro atoms. The normalized spacial score (nSPS) is 14.9. The van der Waals surface area contributed by atoms with Gasteiger partial charge in [0.15, 0.2) is 0 Å². The maximum Gasteiger partial charge on any atom is 0.224 e. The van der Waals surface area contributed by atoms with Crippen molar-refractivity contribution in [2.45, 2.75) is 25.7 Å². The van der Waals surface area contributed by atoms with Crippen LogP contribution in [-0.4, -0.2) is 5.91 Å². The Morgan fingerprint density at radius 3 is 2.83 bits per heavy atom. The monoisotopic (exact) mass is 164 g/mol. The second kappa shape index (κ2) is 3.91. The number of hydrogen-bond donors (Lipinski definition) is 1. The van der Waals surface area contributed by atoms with Gasteiger partial charge in [-0.2, -0.15) is 5.26 Å². The molecule has 3 heteroatoms. The zero-order chi connectivity index (χ0) is 8.97. The Hall–Kier alpha value is -1.30. The highest BCUT2D eigenvalue weighted by atomic mass is 16.1. The zero-order valence-corrected chi connectivity index (χ0v) is 6.97. The van der Waals surface area contributed by atoms with Crippen molar-refractivity contribution in [2.75, 3.05) is 0 Å². The van der Waals surface area contributed by atoms with Gasteiger partial charge in [0.2, 0.25) is 5.91 Å². The number of hydrogen-bond acceptors (Lipinski definition) is 2. The van der Waals surface area contributed by atoms with E-state index in [1.807, 2.05) is 0 Å². The summed E-state index contributed by atoms with van der Waals surface area (Å²) in [5.41, 5.74) is 0.135. The van der Waals surface area contributed by atoms with Gasteiger partial charge in [-0.15, -0.1) is 0 Å². The van der Waals surface area contributed by atoms with E-state index in [0.29, 0.717) is 6.42 Å². The number of carbonyl (C=O) groups is 1. The molecular formula is C9H12N2O. The molecule has 1 saturated carbocycles. The Morgan fingerprint density at radius 2 is 2.33 bits per heavy atom. The molecule has 0 atom stereocenters. The third kappa shape index (κ3) is 3.20. The molecular weight excluding hydrogens is 152 g/mol. The fourth-order valence-corrected chi connectivity index (χ4v) is 1.00. The van der Waals surface area contributed by atoms with Crippen LogP contribution in [0.5, 0.6) is 0 Å². The first-order valence-electron chi connectivity index (χ1n) is 4.11. The number of amides is 1. The zero-order valence-electron chi connectivity index (χ0n) is 6.97. The number of nitrogens with zero attached hydrogens (tertiary/aromatic N) is 1. The summed E-state index contributed by atoms with van der Waals surface area (Å²) < 4.78 is 0. The molecule has 64 valence electrons. The molecule has 0 unspecified atom stereocenters. The lowest BCUT2D eigenvalue weighted by molar-refractivity contribution is -0.120. The van der Waals surface area contributed by atoms with Crippen LogP contribution in [0.4, 0.5) is 0 Å². The van der Waals surface area contributed by atoms with Crippen molar-refractivity contribution in [3.8, 4) is 6.07 Å². The number of nitrogens with one attached hydrogen (secondary N) is 1. The molecule has 1 rings (SSSR count). The van der Waals surface area contributed by atoms with Crippen LogP contribution in [0.3, 0.4) is 0 Å². The quantitative estimate of drug-likeness (QED) is 0.637. The van der Waals surface area contributed by atoms with Crippen LogP contribution >= 0.6 is 0 Å². The maximum absolute atomic E-state index is 11.0. The number of rotatable bonds is 4. The Balaban J connectivity index is 2.11. The summed E-state index contributed by atoms with van der Waals surface area (Å²) in [4.78, 5) is 11.0. The van der Waals surface area contributed by atoms with E-state index in [9.17, 15) is 4.79 Å². The van der Waals surface area contributed by atoms with E-state index in [2.05, 4.69) is 11.9 Å². The van der Waals surface area contributed by atoms with E-state index in [-0.39, 0.29) is 11.6 Å². The first-order valence-corrected chi connectivity index (χ1v) is 4.11. The Labute approximate surface area is 72.1 Å². The summed E-state index contributed by atoms with van der Waals surface area (Å²) in [7, 11) is 0. The van der Waals surface area contributed by atoms with Gasteiger partial charge in [0, 0.05) is 6.42 Å². The Bertz CT molecular complexity index is 235. The van der Waals surface area contributed by atoms with Gasteiger partial charge in [0.05, 0.1) is 0 Å². The van der Waals surface area contributed by atoms with E-state index in [1.165, 1.54) is 12.8 Å². The first-order chi connectivity index (χ1) is 5.72. The van der Waals surface area contributed by atoms with E-state index < -0.39 is 0 Å². The van der Waals surface area contributed by atoms with Gasteiger partial charge in [-0.3, -0.25) is 4.79 Å². The van der Waals surface area contributed by atoms with Gasteiger partial charge in [-0.1, -0.05) is 19.4 Å². The minimum atomic E-state index is -0.0894. The first kappa shape index (κ1) is 8.79. The smallest absolute Gasteiger partial charge is 0.224 e. The molecule has 3 nitrogen and oxygen atoms in total. The van der Waals surface area contributed by atoms with Crippen LogP contribution in [0.25, 0.3) is 0 Å². The molecule has 0 radical (unpaired) electrons. The lowest BCUT2D eigenvalue weighted by Crippen LogP contribution is -2.20. The van der Waals surface area contributed by atoms with Crippen LogP contribution in [-0.2, 0) is 4.79 Å². The van der Waals surface area contributed by atoms with Gasteiger partial charge in [0.25, 0.3) is 0 Å². The third-order valence-corrected chi connectivity index (χ3v) is 1.90. The van der Waals surface area contributed by atoms with E-state index in [4.69, 9.17) is 5.26 Å². The van der Waals surface area contributed by atoms with Crippen LogP contribution < -0.4 is 5.32 Å². The number of carbonyl (C=O) groups excluding carboxylic acids is 1. The van der Waals surface area contributed by atoms with Crippen molar-refractivity contribution in [3.05, 3.63) is 12.3 Å². The van der Waals surface area contributed by atoms with Crippen LogP contribution in [0.2, 0.25) is 0 Å². The molecule has 1 aliphatic rings. The van der Waals surface area contributed by atoms with Crippen molar-refractivity contribution in [1.82, 2.24) is 5.32 Å². The maximum atomic E-state index is 11.0. The average Bonchev–Trinajstić information content (AvgIpc) is 2.83. The van der Waals surface area contributed by atoms with Crippen molar-refractivity contribution in [3.63, 3.8) is 0 Å². The van der Waals surface area contributed by atoms with Crippen LogP contribution in [0.15, 0.2) is 12.3 Å². The minimum Gasteiger partial charge on any atom is -0.318 e. The van der Waals surface area contributed by atoms with E-state index >= 15 is 0 Å². The van der Waals surface area contributed by atoms with Crippen molar-refractivity contribution >= 4 is 5.91 Å². The molecule has 0 aromatic rings. The van der Waals surface area contributed by atoms with Crippen molar-refractivity contribution in [1.29, 1.82) is 5.26 Å². The molecule has 12 heavy (non-hydrogen) atoms. The van der Waals surface area contributed by atoms with Crippen LogP contribution in [0.1, 0.15) is 25.7 Å². The summed E-state index contributed by atoms with van der Waals surface area (Å²) in [5, 5.41) is 10.7. The molecule has 0 aromatic carbocycles. The van der Waals surface area contributed by atoms with Gasteiger partial charge in [-0.05, 0) is 12.3 Å². The molecule has 0 aliphatic heterocycles. The molecule has 0 saturated heterocycles. The highest BCUT2D eigenvalue weighted by Gasteiger charge is 2.21. The Kier molecular flexibility index (Phi) is 2.87. The van der Waals surface area contributed by atoms with Crippen molar-refractivity contribution < 1.29 is 4.79 Å². The van der Waals surface area contributed by atoms with Gasteiger partial charge < -0.3 is 5.32 Å². The molecule has 0 heterocycles. The second-order valence-electron chi connectivity index (χ2n) is 3.12. The molecule has 1 amide bonds. The summed E-state index contributed by atoms with van der Waals surface area (Å²) >= 11 is 0. The predicted octanol–water partition coefficient (Wildman–Crippen LogP) is 1.33. The predicted molar refractivity (Wildman–Crippen MR) is 44.9 cm³/mol. The van der Waals surface area contributed by atoms with Gasteiger partial charge in [0.1, 0.15) is 11.8 Å². The number of allylic oxidation sites excluding steroid dienone is 1. The lowest BCUT2D eigenvalue weighted by Gasteiger charge is -2.00. The summed E-state index contributed by atoms with van der Waals surface area (Å²) in [5.74, 6) is 0.666. The van der Waals surface area contributed by atoms with E-state index in [0.717, 1.165) is 12.3 Å². The fourth-order valence-electron chi connectivity index (χ4n) is 1.00. The topological polar surface area (TPSA) is 52.9 Å². The van der Waals surface area contributed by atoms with Crippen LogP contribution in [0, 0.1) is 17.2 Å². The van der Waals surface area contributed by atoms with Gasteiger partial charge in [-0.25, -0.2) is 0 Å². The minimum absolute atomic E-state index is 0.0894. The average molecular weight is 164 g/mol. The highest BCUT2D eigenvalue weighted by Crippen LogP contribution is 2.33. The number of nitriles is 1. The summed E-state index contributed by atoms with van der Waals surface area (Å²) in [6, 6.07) is 1.77. The fraction of sp³-hybridized carbons (Fsp3) is 0.556. The molecule has 1 fully saturated rings. The van der Waals surface area contributed by atoms with Crippen molar-refractivity contribution in [2.24, 2.45) is 5.92 Å². The third-order valence-electron chi connectivity index (χ3n) is 1.90.